The minimum absolute atomic E-state index is 0.222. The maximum Gasteiger partial charge on any atom is 0.330 e. The predicted octanol–water partition coefficient (Wildman–Crippen LogP) is 1.38. The highest BCUT2D eigenvalue weighted by Gasteiger charge is 2.29. The van der Waals surface area contributed by atoms with Gasteiger partial charge in [-0.2, -0.15) is 4.31 Å². The topological polar surface area (TPSA) is 113 Å². The standard InChI is InChI=1S/C21H27ClN6O4S/c1-3-4-9-28-19-18(20(29)24-21(28)30)25(2)17(23-19)14-26-10-12-27(13-11-26)33(31,32)16-7-5-15(22)6-8-16/h5-8H,3-4,9-14H2,1-2H3,(H,24,29,30). The average molecular weight is 495 g/mol. The molecule has 0 atom stereocenters. The third kappa shape index (κ3) is 4.63. The lowest BCUT2D eigenvalue weighted by atomic mass is 10.3. The van der Waals surface area contributed by atoms with Gasteiger partial charge in [-0.25, -0.2) is 18.2 Å². The molecule has 0 bridgehead atoms. The number of hydrogen-bond acceptors (Lipinski definition) is 6. The van der Waals surface area contributed by atoms with E-state index in [0.717, 1.165) is 12.8 Å². The molecule has 2 aromatic heterocycles. The summed E-state index contributed by atoms with van der Waals surface area (Å²) in [5.74, 6) is 0.653. The Morgan fingerprint density at radius 1 is 1.09 bits per heavy atom. The zero-order chi connectivity index (χ0) is 23.8. The van der Waals surface area contributed by atoms with E-state index in [9.17, 15) is 18.0 Å². The number of nitrogens with one attached hydrogen (secondary N) is 1. The summed E-state index contributed by atoms with van der Waals surface area (Å²) in [4.78, 5) is 34.1. The van der Waals surface area contributed by atoms with Crippen molar-refractivity contribution in [3.05, 3.63) is 56.0 Å². The maximum absolute atomic E-state index is 12.9. The van der Waals surface area contributed by atoms with E-state index >= 15 is 0 Å². The third-order valence-corrected chi connectivity index (χ3v) is 8.15. The molecule has 4 rings (SSSR count). The van der Waals surface area contributed by atoms with Crippen LogP contribution >= 0.6 is 11.6 Å². The van der Waals surface area contributed by atoms with Crippen LogP contribution in [-0.2, 0) is 30.2 Å². The number of nitrogens with zero attached hydrogens (tertiary/aromatic N) is 5. The number of benzene rings is 1. The van der Waals surface area contributed by atoms with E-state index < -0.39 is 21.3 Å². The van der Waals surface area contributed by atoms with Gasteiger partial charge in [-0.05, 0) is 30.7 Å². The van der Waals surface area contributed by atoms with E-state index in [1.54, 1.807) is 23.7 Å². The van der Waals surface area contributed by atoms with Crippen molar-refractivity contribution in [3.8, 4) is 0 Å². The summed E-state index contributed by atoms with van der Waals surface area (Å²) < 4.78 is 30.5. The third-order valence-electron chi connectivity index (χ3n) is 5.99. The zero-order valence-corrected chi connectivity index (χ0v) is 20.2. The van der Waals surface area contributed by atoms with Crippen LogP contribution in [0.25, 0.3) is 11.2 Å². The summed E-state index contributed by atoms with van der Waals surface area (Å²) in [7, 11) is -1.83. The molecule has 1 aliphatic rings. The van der Waals surface area contributed by atoms with Crippen LogP contribution in [0.1, 0.15) is 25.6 Å². The van der Waals surface area contributed by atoms with Gasteiger partial charge in [0.2, 0.25) is 10.0 Å². The van der Waals surface area contributed by atoms with Crippen molar-refractivity contribution in [2.24, 2.45) is 7.05 Å². The van der Waals surface area contributed by atoms with E-state index in [1.165, 1.54) is 21.0 Å². The lowest BCUT2D eigenvalue weighted by Crippen LogP contribution is -2.48. The molecule has 1 aromatic carbocycles. The van der Waals surface area contributed by atoms with Crippen molar-refractivity contribution >= 4 is 32.8 Å². The van der Waals surface area contributed by atoms with Crippen molar-refractivity contribution in [1.82, 2.24) is 28.3 Å². The normalized spacial score (nSPS) is 16.0. The highest BCUT2D eigenvalue weighted by Crippen LogP contribution is 2.21. The monoisotopic (exact) mass is 494 g/mol. The Labute approximate surface area is 196 Å². The number of aryl methyl sites for hydroxylation is 2. The minimum atomic E-state index is -3.58. The van der Waals surface area contributed by atoms with Crippen LogP contribution in [0, 0.1) is 0 Å². The predicted molar refractivity (Wildman–Crippen MR) is 126 cm³/mol. The first-order valence-corrected chi connectivity index (χ1v) is 12.7. The highest BCUT2D eigenvalue weighted by molar-refractivity contribution is 7.89. The van der Waals surface area contributed by atoms with Crippen molar-refractivity contribution in [2.75, 3.05) is 26.2 Å². The number of sulfonamides is 1. The molecule has 1 saturated heterocycles. The van der Waals surface area contributed by atoms with Gasteiger partial charge in [0.25, 0.3) is 5.56 Å². The highest BCUT2D eigenvalue weighted by atomic mass is 35.5. The van der Waals surface area contributed by atoms with E-state index in [1.807, 2.05) is 6.92 Å². The molecular formula is C21H27ClN6O4S. The van der Waals surface area contributed by atoms with Gasteiger partial charge in [-0.15, -0.1) is 0 Å². The number of H-pyrrole nitrogens is 1. The minimum Gasteiger partial charge on any atom is -0.324 e. The molecule has 0 aliphatic carbocycles. The first-order valence-electron chi connectivity index (χ1n) is 10.9. The summed E-state index contributed by atoms with van der Waals surface area (Å²) in [6, 6.07) is 6.16. The zero-order valence-electron chi connectivity index (χ0n) is 18.6. The fourth-order valence-electron chi connectivity index (χ4n) is 4.04. The van der Waals surface area contributed by atoms with Crippen LogP contribution in [0.2, 0.25) is 5.02 Å². The number of imidazole rings is 1. The Hall–Kier alpha value is -2.47. The molecule has 33 heavy (non-hydrogen) atoms. The number of rotatable bonds is 7. The summed E-state index contributed by atoms with van der Waals surface area (Å²) in [6.07, 6.45) is 1.72. The number of fused-ring (bicyclic) bond motifs is 1. The Bertz CT molecular complexity index is 1370. The Kier molecular flexibility index (Phi) is 6.76. The van der Waals surface area contributed by atoms with E-state index in [2.05, 4.69) is 14.9 Å². The summed E-state index contributed by atoms with van der Waals surface area (Å²) >= 11 is 5.88. The van der Waals surface area contributed by atoms with Crippen LogP contribution in [0.4, 0.5) is 0 Å². The Balaban J connectivity index is 1.52. The number of aromatic amines is 1. The second-order valence-electron chi connectivity index (χ2n) is 8.16. The summed E-state index contributed by atoms with van der Waals surface area (Å²) in [6.45, 7) is 4.70. The number of aromatic nitrogens is 4. The largest absolute Gasteiger partial charge is 0.330 e. The lowest BCUT2D eigenvalue weighted by Gasteiger charge is -2.33. The van der Waals surface area contributed by atoms with Crippen LogP contribution in [0.15, 0.2) is 38.8 Å². The molecule has 3 heterocycles. The SMILES string of the molecule is CCCCn1c(=O)[nH]c(=O)c2c1nc(CN1CCN(S(=O)(=O)c3ccc(Cl)cc3)CC1)n2C. The van der Waals surface area contributed by atoms with Gasteiger partial charge in [0, 0.05) is 44.8 Å². The van der Waals surface area contributed by atoms with Crippen molar-refractivity contribution in [2.45, 2.75) is 37.8 Å². The van der Waals surface area contributed by atoms with Crippen molar-refractivity contribution < 1.29 is 8.42 Å². The molecule has 0 amide bonds. The van der Waals surface area contributed by atoms with Gasteiger partial charge in [-0.1, -0.05) is 24.9 Å². The molecule has 1 N–H and O–H groups in total. The van der Waals surface area contributed by atoms with Gasteiger partial charge >= 0.3 is 5.69 Å². The van der Waals surface area contributed by atoms with E-state index in [4.69, 9.17) is 11.6 Å². The number of piperazine rings is 1. The molecule has 3 aromatic rings. The lowest BCUT2D eigenvalue weighted by molar-refractivity contribution is 0.177. The van der Waals surface area contributed by atoms with Crippen molar-refractivity contribution in [3.63, 3.8) is 0 Å². The van der Waals surface area contributed by atoms with Gasteiger partial charge in [-0.3, -0.25) is 19.2 Å². The fourth-order valence-corrected chi connectivity index (χ4v) is 5.59. The second kappa shape index (κ2) is 9.41. The molecule has 178 valence electrons. The van der Waals surface area contributed by atoms with Crippen LogP contribution in [0.5, 0.6) is 0 Å². The first kappa shape index (κ1) is 23.7. The van der Waals surface area contributed by atoms with E-state index in [-0.39, 0.29) is 4.90 Å². The fraction of sp³-hybridized carbons (Fsp3) is 0.476. The van der Waals surface area contributed by atoms with E-state index in [0.29, 0.717) is 61.3 Å². The number of halogens is 1. The van der Waals surface area contributed by atoms with Gasteiger partial charge in [0.05, 0.1) is 11.4 Å². The maximum atomic E-state index is 12.9. The quantitative estimate of drug-likeness (QED) is 0.531. The Morgan fingerprint density at radius 2 is 1.76 bits per heavy atom. The first-order chi connectivity index (χ1) is 15.7. The summed E-state index contributed by atoms with van der Waals surface area (Å²) in [5, 5.41) is 0.486. The molecule has 10 nitrogen and oxygen atoms in total. The van der Waals surface area contributed by atoms with Crippen LogP contribution < -0.4 is 11.2 Å². The number of unbranched alkanes of at least 4 members (excludes halogenated alkanes) is 1. The number of hydrogen-bond donors (Lipinski definition) is 1. The summed E-state index contributed by atoms with van der Waals surface area (Å²) in [5.41, 5.74) is -0.155. The molecule has 0 unspecified atom stereocenters. The molecule has 1 aliphatic heterocycles. The van der Waals surface area contributed by atoms with Crippen molar-refractivity contribution in [1.29, 1.82) is 0 Å². The van der Waals surface area contributed by atoms with Gasteiger partial charge in [0.15, 0.2) is 11.2 Å². The molecular weight excluding hydrogens is 468 g/mol. The molecule has 1 fully saturated rings. The van der Waals surface area contributed by atoms with Crippen LogP contribution in [0.3, 0.4) is 0 Å². The molecule has 12 heteroatoms. The second-order valence-corrected chi connectivity index (χ2v) is 10.5. The van der Waals surface area contributed by atoms with Gasteiger partial charge < -0.3 is 4.57 Å². The molecule has 0 spiro atoms. The molecule has 0 radical (unpaired) electrons. The molecule has 0 saturated carbocycles. The van der Waals surface area contributed by atoms with Gasteiger partial charge in [0.1, 0.15) is 5.82 Å². The Morgan fingerprint density at radius 3 is 2.39 bits per heavy atom. The average Bonchev–Trinajstić information content (AvgIpc) is 3.10. The van der Waals surface area contributed by atoms with Crippen LogP contribution in [-0.4, -0.2) is 62.9 Å². The smallest absolute Gasteiger partial charge is 0.324 e.